The molecule has 1 aliphatic carbocycles. The lowest BCUT2D eigenvalue weighted by atomic mass is 10.2. The average Bonchev–Trinajstić information content (AvgIpc) is 3.29. The van der Waals surface area contributed by atoms with Gasteiger partial charge in [-0.15, -0.1) is 0 Å². The number of sulfone groups is 1. The van der Waals surface area contributed by atoms with Gasteiger partial charge in [-0.3, -0.25) is 0 Å². The van der Waals surface area contributed by atoms with E-state index in [1.54, 1.807) is 18.3 Å². The molecule has 116 valence electrons. The van der Waals surface area contributed by atoms with Gasteiger partial charge in [-0.05, 0) is 25.0 Å². The van der Waals surface area contributed by atoms with Gasteiger partial charge >= 0.3 is 0 Å². The van der Waals surface area contributed by atoms with Crippen LogP contribution in [0.3, 0.4) is 0 Å². The highest BCUT2D eigenvalue weighted by atomic mass is 32.2. The molecular weight excluding hydrogens is 290 g/mol. The number of nitrogens with one attached hydrogen (secondary N) is 1. The molecule has 1 atom stereocenters. The van der Waals surface area contributed by atoms with E-state index in [1.165, 1.54) is 19.1 Å². The molecule has 0 spiro atoms. The second kappa shape index (κ2) is 5.90. The smallest absolute Gasteiger partial charge is 0.179 e. The summed E-state index contributed by atoms with van der Waals surface area (Å²) >= 11 is 0. The second-order valence-corrected chi connectivity index (χ2v) is 7.69. The number of ether oxygens (including phenoxy) is 1. The Morgan fingerprint density at radius 1 is 1.48 bits per heavy atom. The van der Waals surface area contributed by atoms with Crippen molar-refractivity contribution in [3.05, 3.63) is 18.3 Å². The van der Waals surface area contributed by atoms with Gasteiger partial charge in [0.1, 0.15) is 10.7 Å². The maximum atomic E-state index is 12.0. The molecule has 1 aliphatic heterocycles. The van der Waals surface area contributed by atoms with Crippen LogP contribution in [-0.4, -0.2) is 58.0 Å². The quantitative estimate of drug-likeness (QED) is 0.851. The van der Waals surface area contributed by atoms with Gasteiger partial charge in [0.25, 0.3) is 0 Å². The van der Waals surface area contributed by atoms with E-state index in [0.29, 0.717) is 36.5 Å². The van der Waals surface area contributed by atoms with E-state index in [-0.39, 0.29) is 6.04 Å². The summed E-state index contributed by atoms with van der Waals surface area (Å²) in [7, 11) is -3.29. The van der Waals surface area contributed by atoms with E-state index in [4.69, 9.17) is 4.74 Å². The van der Waals surface area contributed by atoms with E-state index in [2.05, 4.69) is 15.2 Å². The maximum absolute atomic E-state index is 12.0. The normalized spacial score (nSPS) is 23.3. The lowest BCUT2D eigenvalue weighted by molar-refractivity contribution is 0.0929. The molecule has 0 aromatic carbocycles. The standard InChI is InChI=1S/C14H21N3O3S/c1-21(18,19)13-3-2-6-15-14(13)17-7-8-20-10-12(17)9-16-11-4-5-11/h2-3,6,11-12,16H,4-5,7-10H2,1H3. The fourth-order valence-corrected chi connectivity index (χ4v) is 3.41. The molecule has 1 unspecified atom stereocenters. The summed E-state index contributed by atoms with van der Waals surface area (Å²) in [6, 6.07) is 4.03. The Balaban J connectivity index is 1.85. The first-order chi connectivity index (χ1) is 10.1. The van der Waals surface area contributed by atoms with Crippen LogP contribution >= 0.6 is 0 Å². The van der Waals surface area contributed by atoms with Gasteiger partial charge in [-0.2, -0.15) is 0 Å². The van der Waals surface area contributed by atoms with Crippen LogP contribution in [-0.2, 0) is 14.6 Å². The molecule has 1 saturated carbocycles. The molecule has 6 nitrogen and oxygen atoms in total. The van der Waals surface area contributed by atoms with E-state index in [1.807, 2.05) is 0 Å². The van der Waals surface area contributed by atoms with Crippen LogP contribution in [0, 0.1) is 0 Å². The van der Waals surface area contributed by atoms with Crippen LogP contribution in [0.5, 0.6) is 0 Å². The molecule has 2 aliphatic rings. The lowest BCUT2D eigenvalue weighted by Crippen LogP contribution is -2.51. The number of aromatic nitrogens is 1. The minimum atomic E-state index is -3.29. The predicted molar refractivity (Wildman–Crippen MR) is 80.3 cm³/mol. The van der Waals surface area contributed by atoms with Crippen molar-refractivity contribution in [2.45, 2.75) is 29.8 Å². The minimum absolute atomic E-state index is 0.120. The number of hydrogen-bond donors (Lipinski definition) is 1. The van der Waals surface area contributed by atoms with Crippen LogP contribution in [0.4, 0.5) is 5.82 Å². The second-order valence-electron chi connectivity index (χ2n) is 5.70. The van der Waals surface area contributed by atoms with Gasteiger partial charge in [-0.25, -0.2) is 13.4 Å². The average molecular weight is 311 g/mol. The molecule has 2 heterocycles. The summed E-state index contributed by atoms with van der Waals surface area (Å²) in [6.07, 6.45) is 5.33. The van der Waals surface area contributed by atoms with Gasteiger partial charge in [-0.1, -0.05) is 0 Å². The van der Waals surface area contributed by atoms with E-state index < -0.39 is 9.84 Å². The largest absolute Gasteiger partial charge is 0.377 e. The predicted octanol–water partition coefficient (Wildman–Crippen LogP) is 0.442. The van der Waals surface area contributed by atoms with Crippen molar-refractivity contribution in [3.63, 3.8) is 0 Å². The van der Waals surface area contributed by atoms with Gasteiger partial charge in [0.2, 0.25) is 0 Å². The zero-order valence-electron chi connectivity index (χ0n) is 12.2. The van der Waals surface area contributed by atoms with E-state index in [0.717, 1.165) is 6.54 Å². The number of rotatable bonds is 5. The number of pyridine rings is 1. The Labute approximate surface area is 125 Å². The molecule has 3 rings (SSSR count). The lowest BCUT2D eigenvalue weighted by Gasteiger charge is -2.37. The van der Waals surface area contributed by atoms with Crippen molar-refractivity contribution in [3.8, 4) is 0 Å². The molecule has 1 aromatic rings. The molecule has 21 heavy (non-hydrogen) atoms. The van der Waals surface area contributed by atoms with Gasteiger partial charge in [0.05, 0.1) is 19.3 Å². The third-order valence-corrected chi connectivity index (χ3v) is 4.99. The zero-order chi connectivity index (χ0) is 14.9. The molecule has 0 bridgehead atoms. The molecule has 2 fully saturated rings. The zero-order valence-corrected chi connectivity index (χ0v) is 13.0. The highest BCUT2D eigenvalue weighted by Gasteiger charge is 2.30. The maximum Gasteiger partial charge on any atom is 0.179 e. The molecular formula is C14H21N3O3S. The Kier molecular flexibility index (Phi) is 4.14. The Morgan fingerprint density at radius 3 is 3.00 bits per heavy atom. The van der Waals surface area contributed by atoms with Crippen molar-refractivity contribution in [1.29, 1.82) is 0 Å². The van der Waals surface area contributed by atoms with E-state index in [9.17, 15) is 8.42 Å². The number of nitrogens with zero attached hydrogens (tertiary/aromatic N) is 2. The molecule has 1 aromatic heterocycles. The molecule has 1 saturated heterocycles. The van der Waals surface area contributed by atoms with E-state index >= 15 is 0 Å². The van der Waals surface area contributed by atoms with Crippen molar-refractivity contribution >= 4 is 15.7 Å². The first-order valence-corrected chi connectivity index (χ1v) is 9.17. The van der Waals surface area contributed by atoms with Crippen molar-refractivity contribution < 1.29 is 13.2 Å². The summed E-state index contributed by atoms with van der Waals surface area (Å²) < 4.78 is 29.5. The monoisotopic (exact) mass is 311 g/mol. The molecule has 0 amide bonds. The molecule has 1 N–H and O–H groups in total. The highest BCUT2D eigenvalue weighted by molar-refractivity contribution is 7.90. The topological polar surface area (TPSA) is 71.5 Å². The summed E-state index contributed by atoms with van der Waals surface area (Å²) in [4.78, 5) is 6.68. The number of anilines is 1. The van der Waals surface area contributed by atoms with Crippen molar-refractivity contribution in [1.82, 2.24) is 10.3 Å². The van der Waals surface area contributed by atoms with Crippen molar-refractivity contribution in [2.75, 3.05) is 37.5 Å². The SMILES string of the molecule is CS(=O)(=O)c1cccnc1N1CCOCC1CNC1CC1. The first kappa shape index (κ1) is 14.7. The van der Waals surface area contributed by atoms with Crippen LogP contribution in [0.1, 0.15) is 12.8 Å². The van der Waals surface area contributed by atoms with Crippen LogP contribution in [0.25, 0.3) is 0 Å². The number of hydrogen-bond acceptors (Lipinski definition) is 6. The summed E-state index contributed by atoms with van der Waals surface area (Å²) in [5.41, 5.74) is 0. The van der Waals surface area contributed by atoms with Crippen LogP contribution in [0.15, 0.2) is 23.2 Å². The Hall–Kier alpha value is -1.18. The fourth-order valence-electron chi connectivity index (χ4n) is 2.58. The third kappa shape index (κ3) is 3.53. The van der Waals surface area contributed by atoms with Crippen LogP contribution in [0.2, 0.25) is 0 Å². The third-order valence-electron chi connectivity index (χ3n) is 3.87. The van der Waals surface area contributed by atoms with Crippen LogP contribution < -0.4 is 10.2 Å². The van der Waals surface area contributed by atoms with Gasteiger partial charge in [0, 0.05) is 31.6 Å². The Bertz CT molecular complexity index is 601. The number of morpholine rings is 1. The Morgan fingerprint density at radius 2 is 2.29 bits per heavy atom. The fraction of sp³-hybridized carbons (Fsp3) is 0.643. The summed E-state index contributed by atoms with van der Waals surface area (Å²) in [5, 5.41) is 3.49. The highest BCUT2D eigenvalue weighted by Crippen LogP contribution is 2.26. The first-order valence-electron chi connectivity index (χ1n) is 7.28. The molecule has 0 radical (unpaired) electrons. The van der Waals surface area contributed by atoms with Gasteiger partial charge in [0.15, 0.2) is 9.84 Å². The summed E-state index contributed by atoms with van der Waals surface area (Å²) in [5.74, 6) is 0.547. The van der Waals surface area contributed by atoms with Crippen molar-refractivity contribution in [2.24, 2.45) is 0 Å². The summed E-state index contributed by atoms with van der Waals surface area (Å²) in [6.45, 7) is 2.65. The molecule has 7 heteroatoms. The van der Waals surface area contributed by atoms with Gasteiger partial charge < -0.3 is 15.0 Å². The minimum Gasteiger partial charge on any atom is -0.377 e.